The van der Waals surface area contributed by atoms with Crippen LogP contribution in [-0.4, -0.2) is 0 Å². The fourth-order valence-electron chi connectivity index (χ4n) is 2.43. The van der Waals surface area contributed by atoms with Crippen LogP contribution in [0.3, 0.4) is 0 Å². The number of benzene rings is 1. The van der Waals surface area contributed by atoms with Crippen LogP contribution in [0.5, 0.6) is 0 Å². The number of fused-ring (bicyclic) bond motifs is 1. The number of allylic oxidation sites excluding steroid dienone is 1. The summed E-state index contributed by atoms with van der Waals surface area (Å²) in [5.74, 6) is 0. The minimum atomic E-state index is 1.23. The third kappa shape index (κ3) is 2.21. The van der Waals surface area contributed by atoms with Crippen molar-refractivity contribution in [2.24, 2.45) is 0 Å². The summed E-state index contributed by atoms with van der Waals surface area (Å²) in [5.41, 5.74) is 7.26. The van der Waals surface area contributed by atoms with Gasteiger partial charge in [-0.1, -0.05) is 43.5 Å². The van der Waals surface area contributed by atoms with Crippen LogP contribution < -0.4 is 0 Å². The van der Waals surface area contributed by atoms with Gasteiger partial charge in [0, 0.05) is 6.42 Å². The molecule has 0 fully saturated rings. The van der Waals surface area contributed by atoms with E-state index in [4.69, 9.17) is 0 Å². The lowest BCUT2D eigenvalue weighted by Gasteiger charge is -2.10. The van der Waals surface area contributed by atoms with Crippen LogP contribution in [0, 0.1) is 13.3 Å². The number of aryl methyl sites for hydroxylation is 2. The van der Waals surface area contributed by atoms with Gasteiger partial charge in [-0.25, -0.2) is 0 Å². The number of rotatable bonds is 4. The number of hydrogen-bond donors (Lipinski definition) is 0. The first kappa shape index (κ1) is 11.4. The average Bonchev–Trinajstić information content (AvgIpc) is 2.65. The molecule has 0 heteroatoms. The highest BCUT2D eigenvalue weighted by Gasteiger charge is 2.15. The molecule has 1 aromatic rings. The highest BCUT2D eigenvalue weighted by atomic mass is 14.2. The van der Waals surface area contributed by atoms with Crippen molar-refractivity contribution < 1.29 is 0 Å². The quantitative estimate of drug-likeness (QED) is 0.636. The molecule has 1 radical (unpaired) electrons. The first-order valence-corrected chi connectivity index (χ1v) is 6.38. The van der Waals surface area contributed by atoms with Gasteiger partial charge in [0.15, 0.2) is 0 Å². The average molecular weight is 213 g/mol. The zero-order valence-corrected chi connectivity index (χ0v) is 10.6. The van der Waals surface area contributed by atoms with E-state index in [1.54, 1.807) is 0 Å². The molecule has 0 saturated heterocycles. The van der Waals surface area contributed by atoms with Gasteiger partial charge in [0.1, 0.15) is 0 Å². The smallest absolute Gasteiger partial charge is 0.0164 e. The molecule has 0 unspecified atom stereocenters. The first-order chi connectivity index (χ1) is 7.72. The summed E-state index contributed by atoms with van der Waals surface area (Å²) in [7, 11) is 0. The Kier molecular flexibility index (Phi) is 3.48. The van der Waals surface area contributed by atoms with Crippen LogP contribution in [0.25, 0.3) is 6.08 Å². The topological polar surface area (TPSA) is 0 Å². The minimum absolute atomic E-state index is 1.23. The van der Waals surface area contributed by atoms with Crippen molar-refractivity contribution in [1.29, 1.82) is 0 Å². The van der Waals surface area contributed by atoms with Crippen LogP contribution in [0.15, 0.2) is 17.7 Å². The molecule has 0 heterocycles. The molecule has 0 N–H and O–H groups in total. The lowest BCUT2D eigenvalue weighted by Crippen LogP contribution is -1.94. The van der Waals surface area contributed by atoms with E-state index in [2.05, 4.69) is 45.4 Å². The summed E-state index contributed by atoms with van der Waals surface area (Å²) in [6, 6.07) is 4.58. The van der Waals surface area contributed by atoms with E-state index >= 15 is 0 Å². The van der Waals surface area contributed by atoms with Gasteiger partial charge < -0.3 is 0 Å². The third-order valence-corrected chi connectivity index (χ3v) is 3.39. The first-order valence-electron chi connectivity index (χ1n) is 6.38. The maximum atomic E-state index is 2.34. The third-order valence-electron chi connectivity index (χ3n) is 3.39. The Morgan fingerprint density at radius 3 is 2.56 bits per heavy atom. The maximum absolute atomic E-state index is 2.34. The molecule has 0 aliphatic heterocycles. The standard InChI is InChI=1S/C16H21/c1-4-5-6-7-14-9-8-13(3)15-10-12(2)11-16(14)15/h8-11H,4-7H2,1-3H3. The van der Waals surface area contributed by atoms with Crippen molar-refractivity contribution in [2.75, 3.05) is 0 Å². The second-order valence-corrected chi connectivity index (χ2v) is 4.86. The molecule has 0 spiro atoms. The Morgan fingerprint density at radius 2 is 1.81 bits per heavy atom. The van der Waals surface area contributed by atoms with E-state index in [9.17, 15) is 0 Å². The van der Waals surface area contributed by atoms with E-state index in [1.807, 2.05) is 0 Å². The summed E-state index contributed by atoms with van der Waals surface area (Å²) < 4.78 is 0. The Balaban J connectivity index is 2.23. The summed E-state index contributed by atoms with van der Waals surface area (Å²) >= 11 is 0. The van der Waals surface area contributed by atoms with Crippen molar-refractivity contribution in [3.05, 3.63) is 46.4 Å². The van der Waals surface area contributed by atoms with E-state index in [1.165, 1.54) is 53.5 Å². The van der Waals surface area contributed by atoms with Crippen molar-refractivity contribution in [2.45, 2.75) is 46.5 Å². The van der Waals surface area contributed by atoms with E-state index in [0.717, 1.165) is 0 Å². The van der Waals surface area contributed by atoms with E-state index in [0.29, 0.717) is 0 Å². The largest absolute Gasteiger partial charge is 0.0654 e. The van der Waals surface area contributed by atoms with Crippen LogP contribution >= 0.6 is 0 Å². The molecule has 85 valence electrons. The number of hydrogen-bond acceptors (Lipinski definition) is 0. The lowest BCUT2D eigenvalue weighted by molar-refractivity contribution is 0.716. The zero-order chi connectivity index (χ0) is 11.5. The summed E-state index contributed by atoms with van der Waals surface area (Å²) in [6.45, 7) is 6.66. The van der Waals surface area contributed by atoms with Crippen molar-refractivity contribution >= 4 is 6.08 Å². The molecule has 0 nitrogen and oxygen atoms in total. The van der Waals surface area contributed by atoms with E-state index in [-0.39, 0.29) is 0 Å². The van der Waals surface area contributed by atoms with Gasteiger partial charge in [-0.15, -0.1) is 0 Å². The van der Waals surface area contributed by atoms with Crippen LogP contribution in [-0.2, 0) is 6.42 Å². The Labute approximate surface area is 99.4 Å². The van der Waals surface area contributed by atoms with Gasteiger partial charge in [-0.2, -0.15) is 0 Å². The molecular weight excluding hydrogens is 192 g/mol. The highest BCUT2D eigenvalue weighted by molar-refractivity contribution is 5.72. The van der Waals surface area contributed by atoms with Gasteiger partial charge in [-0.3, -0.25) is 0 Å². The van der Waals surface area contributed by atoms with Crippen molar-refractivity contribution in [3.63, 3.8) is 0 Å². The molecule has 2 rings (SSSR count). The van der Waals surface area contributed by atoms with Gasteiger partial charge in [0.2, 0.25) is 0 Å². The van der Waals surface area contributed by atoms with E-state index < -0.39 is 0 Å². The molecule has 16 heavy (non-hydrogen) atoms. The second kappa shape index (κ2) is 4.86. The second-order valence-electron chi connectivity index (χ2n) is 4.86. The van der Waals surface area contributed by atoms with Crippen molar-refractivity contribution in [1.82, 2.24) is 0 Å². The molecule has 0 saturated carbocycles. The molecule has 1 aliphatic rings. The lowest BCUT2D eigenvalue weighted by atomic mass is 9.95. The maximum Gasteiger partial charge on any atom is 0.0164 e. The Morgan fingerprint density at radius 1 is 1.00 bits per heavy atom. The SMILES string of the molecule is CCCCCc1ccc(C)c2c1C=C(C)[CH]2. The van der Waals surface area contributed by atoms with Gasteiger partial charge in [0.05, 0.1) is 0 Å². The molecule has 0 amide bonds. The fraction of sp³-hybridized carbons (Fsp3) is 0.438. The molecule has 1 aromatic carbocycles. The Hall–Kier alpha value is -1.04. The zero-order valence-electron chi connectivity index (χ0n) is 10.6. The number of unbranched alkanes of at least 4 members (excludes halogenated alkanes) is 2. The molecule has 1 aliphatic carbocycles. The summed E-state index contributed by atoms with van der Waals surface area (Å²) in [4.78, 5) is 0. The monoisotopic (exact) mass is 213 g/mol. The molecule has 0 atom stereocenters. The van der Waals surface area contributed by atoms with Crippen LogP contribution in [0.2, 0.25) is 0 Å². The van der Waals surface area contributed by atoms with Crippen molar-refractivity contribution in [3.8, 4) is 0 Å². The predicted molar refractivity (Wildman–Crippen MR) is 71.5 cm³/mol. The van der Waals surface area contributed by atoms with Gasteiger partial charge >= 0.3 is 0 Å². The van der Waals surface area contributed by atoms with Crippen LogP contribution in [0.4, 0.5) is 0 Å². The minimum Gasteiger partial charge on any atom is -0.0654 e. The Bertz CT molecular complexity index is 410. The summed E-state index contributed by atoms with van der Waals surface area (Å²) in [6.07, 6.45) is 9.84. The predicted octanol–water partition coefficient (Wildman–Crippen LogP) is 4.70. The van der Waals surface area contributed by atoms with Crippen LogP contribution in [0.1, 0.15) is 55.4 Å². The van der Waals surface area contributed by atoms with Gasteiger partial charge in [-0.05, 0) is 48.9 Å². The molecular formula is C16H21. The van der Waals surface area contributed by atoms with Gasteiger partial charge in [0.25, 0.3) is 0 Å². The molecule has 0 bridgehead atoms. The summed E-state index contributed by atoms with van der Waals surface area (Å²) in [5, 5.41) is 0. The fourth-order valence-corrected chi connectivity index (χ4v) is 2.43. The normalized spacial score (nSPS) is 13.8. The highest BCUT2D eigenvalue weighted by Crippen LogP contribution is 2.32. The molecule has 0 aromatic heterocycles.